The molecule has 0 spiro atoms. The van der Waals surface area contributed by atoms with Gasteiger partial charge in [-0.15, -0.1) is 0 Å². The molecule has 2 rings (SSSR count). The van der Waals surface area contributed by atoms with E-state index in [0.29, 0.717) is 18.4 Å². The van der Waals surface area contributed by atoms with Crippen molar-refractivity contribution in [2.75, 3.05) is 0 Å². The van der Waals surface area contributed by atoms with Crippen molar-refractivity contribution in [2.45, 2.75) is 32.1 Å². The van der Waals surface area contributed by atoms with Gasteiger partial charge in [0.1, 0.15) is 17.0 Å². The zero-order chi connectivity index (χ0) is 13.2. The third kappa shape index (κ3) is 2.40. The van der Waals surface area contributed by atoms with Crippen molar-refractivity contribution >= 4 is 5.78 Å². The van der Waals surface area contributed by atoms with Gasteiger partial charge in [0, 0.05) is 12.5 Å². The lowest BCUT2D eigenvalue weighted by Crippen LogP contribution is -2.35. The molecule has 1 fully saturated rings. The maximum Gasteiger partial charge on any atom is 0.153 e. The third-order valence-electron chi connectivity index (χ3n) is 3.43. The van der Waals surface area contributed by atoms with Gasteiger partial charge in [-0.25, -0.2) is 8.78 Å². The summed E-state index contributed by atoms with van der Waals surface area (Å²) in [7, 11) is 0. The van der Waals surface area contributed by atoms with Gasteiger partial charge in [-0.05, 0) is 37.0 Å². The Kier molecular flexibility index (Phi) is 3.42. The standard InChI is InChI=1S/C14H13F2NO/c15-11-5-10(6-12(16)7-11)8-14(9-17)4-2-1-3-13(14)18/h5-7H,1-4,8H2. The van der Waals surface area contributed by atoms with Crippen LogP contribution in [0.1, 0.15) is 31.2 Å². The van der Waals surface area contributed by atoms with Crippen molar-refractivity contribution in [3.63, 3.8) is 0 Å². The summed E-state index contributed by atoms with van der Waals surface area (Å²) >= 11 is 0. The SMILES string of the molecule is N#CC1(Cc2cc(F)cc(F)c2)CCCCC1=O. The van der Waals surface area contributed by atoms with Crippen molar-refractivity contribution < 1.29 is 13.6 Å². The summed E-state index contributed by atoms with van der Waals surface area (Å²) in [5.41, 5.74) is -0.734. The van der Waals surface area contributed by atoms with Gasteiger partial charge in [-0.3, -0.25) is 4.79 Å². The number of nitrogens with zero attached hydrogens (tertiary/aromatic N) is 1. The predicted octanol–water partition coefficient (Wildman–Crippen LogP) is 3.16. The predicted molar refractivity (Wildman–Crippen MR) is 61.6 cm³/mol. The summed E-state index contributed by atoms with van der Waals surface area (Å²) in [6, 6.07) is 5.21. The molecule has 1 unspecified atom stereocenters. The molecule has 0 N–H and O–H groups in total. The first-order valence-corrected chi connectivity index (χ1v) is 5.95. The number of benzene rings is 1. The zero-order valence-electron chi connectivity index (χ0n) is 9.88. The first-order chi connectivity index (χ1) is 8.55. The first kappa shape index (κ1) is 12.7. The Morgan fingerprint density at radius 1 is 1.22 bits per heavy atom. The molecule has 0 heterocycles. The maximum absolute atomic E-state index is 13.1. The van der Waals surface area contributed by atoms with Crippen molar-refractivity contribution in [1.82, 2.24) is 0 Å². The van der Waals surface area contributed by atoms with Crippen LogP contribution in [0.4, 0.5) is 8.78 Å². The smallest absolute Gasteiger partial charge is 0.153 e. The summed E-state index contributed by atoms with van der Waals surface area (Å²) in [4.78, 5) is 11.9. The van der Waals surface area contributed by atoms with Gasteiger partial charge < -0.3 is 0 Å². The summed E-state index contributed by atoms with van der Waals surface area (Å²) < 4.78 is 26.2. The maximum atomic E-state index is 13.1. The van der Waals surface area contributed by atoms with Crippen molar-refractivity contribution in [1.29, 1.82) is 5.26 Å². The van der Waals surface area contributed by atoms with Gasteiger partial charge in [0.2, 0.25) is 0 Å². The highest BCUT2D eigenvalue weighted by molar-refractivity contribution is 5.88. The quantitative estimate of drug-likeness (QED) is 0.807. The number of Topliss-reactive ketones (excluding diaryl/α,β-unsaturated/α-hetero) is 1. The fraction of sp³-hybridized carbons (Fsp3) is 0.429. The molecule has 1 aromatic rings. The summed E-state index contributed by atoms with van der Waals surface area (Å²) in [6.45, 7) is 0. The number of nitriles is 1. The van der Waals surface area contributed by atoms with Crippen LogP contribution in [0.3, 0.4) is 0 Å². The second kappa shape index (κ2) is 4.85. The van der Waals surface area contributed by atoms with E-state index in [9.17, 15) is 18.8 Å². The summed E-state index contributed by atoms with van der Waals surface area (Å²) in [5, 5.41) is 9.25. The lowest BCUT2D eigenvalue weighted by atomic mass is 9.70. The van der Waals surface area contributed by atoms with Gasteiger partial charge in [-0.2, -0.15) is 5.26 Å². The summed E-state index contributed by atoms with van der Waals surface area (Å²) in [5.74, 6) is -1.47. The molecule has 94 valence electrons. The van der Waals surface area contributed by atoms with E-state index in [2.05, 4.69) is 6.07 Å². The normalized spacial score (nSPS) is 23.7. The molecule has 1 saturated carbocycles. The van der Waals surface area contributed by atoms with E-state index in [-0.39, 0.29) is 12.2 Å². The minimum absolute atomic E-state index is 0.0943. The molecule has 0 amide bonds. The van der Waals surface area contributed by atoms with Gasteiger partial charge in [0.25, 0.3) is 0 Å². The van der Waals surface area contributed by atoms with Crippen LogP contribution < -0.4 is 0 Å². The molecular weight excluding hydrogens is 236 g/mol. The number of rotatable bonds is 2. The van der Waals surface area contributed by atoms with E-state index in [1.165, 1.54) is 12.1 Å². The minimum atomic E-state index is -1.10. The van der Waals surface area contributed by atoms with E-state index in [4.69, 9.17) is 0 Å². The highest BCUT2D eigenvalue weighted by Crippen LogP contribution is 2.36. The third-order valence-corrected chi connectivity index (χ3v) is 3.43. The van der Waals surface area contributed by atoms with Crippen LogP contribution in [0.25, 0.3) is 0 Å². The molecule has 0 bridgehead atoms. The molecular formula is C14H13F2NO. The van der Waals surface area contributed by atoms with Crippen LogP contribution >= 0.6 is 0 Å². The highest BCUT2D eigenvalue weighted by Gasteiger charge is 2.40. The van der Waals surface area contributed by atoms with E-state index in [1.807, 2.05) is 0 Å². The average Bonchev–Trinajstić information content (AvgIpc) is 2.31. The summed E-state index contributed by atoms with van der Waals surface area (Å²) in [6.07, 6.45) is 2.54. The fourth-order valence-electron chi connectivity index (χ4n) is 2.50. The number of carbonyl (C=O) groups excluding carboxylic acids is 1. The number of ketones is 1. The molecule has 1 aliphatic rings. The van der Waals surface area contributed by atoms with Crippen LogP contribution in [0.5, 0.6) is 0 Å². The molecule has 1 atom stereocenters. The second-order valence-corrected chi connectivity index (χ2v) is 4.78. The molecule has 1 aromatic carbocycles. The van der Waals surface area contributed by atoms with E-state index < -0.39 is 17.0 Å². The van der Waals surface area contributed by atoms with E-state index in [1.54, 1.807) is 0 Å². The Labute approximate surface area is 104 Å². The van der Waals surface area contributed by atoms with Gasteiger partial charge in [0.15, 0.2) is 5.78 Å². The Morgan fingerprint density at radius 3 is 2.44 bits per heavy atom. The lowest BCUT2D eigenvalue weighted by Gasteiger charge is -2.29. The molecule has 0 saturated heterocycles. The molecule has 0 aromatic heterocycles. The fourth-order valence-corrected chi connectivity index (χ4v) is 2.50. The molecule has 18 heavy (non-hydrogen) atoms. The van der Waals surface area contributed by atoms with Gasteiger partial charge in [0.05, 0.1) is 6.07 Å². The van der Waals surface area contributed by atoms with Gasteiger partial charge >= 0.3 is 0 Å². The second-order valence-electron chi connectivity index (χ2n) is 4.78. The Balaban J connectivity index is 2.30. The lowest BCUT2D eigenvalue weighted by molar-refractivity contribution is -0.128. The largest absolute Gasteiger partial charge is 0.298 e. The number of hydrogen-bond donors (Lipinski definition) is 0. The molecule has 0 aliphatic heterocycles. The molecule has 1 aliphatic carbocycles. The average molecular weight is 249 g/mol. The monoisotopic (exact) mass is 249 g/mol. The molecule has 2 nitrogen and oxygen atoms in total. The zero-order valence-corrected chi connectivity index (χ0v) is 9.88. The van der Waals surface area contributed by atoms with Crippen LogP contribution in [0.2, 0.25) is 0 Å². The molecule has 4 heteroatoms. The highest BCUT2D eigenvalue weighted by atomic mass is 19.1. The van der Waals surface area contributed by atoms with Crippen molar-refractivity contribution in [3.8, 4) is 6.07 Å². The van der Waals surface area contributed by atoms with Crippen molar-refractivity contribution in [3.05, 3.63) is 35.4 Å². The Hall–Kier alpha value is -1.76. The van der Waals surface area contributed by atoms with Crippen LogP contribution in [0.15, 0.2) is 18.2 Å². The van der Waals surface area contributed by atoms with Crippen LogP contribution in [-0.2, 0) is 11.2 Å². The van der Waals surface area contributed by atoms with E-state index in [0.717, 1.165) is 18.9 Å². The Morgan fingerprint density at radius 2 is 1.89 bits per heavy atom. The van der Waals surface area contributed by atoms with E-state index >= 15 is 0 Å². The van der Waals surface area contributed by atoms with Gasteiger partial charge in [-0.1, -0.05) is 6.42 Å². The number of hydrogen-bond acceptors (Lipinski definition) is 2. The molecule has 0 radical (unpaired) electrons. The first-order valence-electron chi connectivity index (χ1n) is 5.95. The number of carbonyl (C=O) groups is 1. The van der Waals surface area contributed by atoms with Crippen LogP contribution in [0, 0.1) is 28.4 Å². The Bertz CT molecular complexity index is 501. The van der Waals surface area contributed by atoms with Crippen molar-refractivity contribution in [2.24, 2.45) is 5.41 Å². The van der Waals surface area contributed by atoms with Crippen LogP contribution in [-0.4, -0.2) is 5.78 Å². The minimum Gasteiger partial charge on any atom is -0.298 e. The number of halogens is 2. The topological polar surface area (TPSA) is 40.9 Å².